The molecule has 2 rings (SSSR count). The minimum absolute atomic E-state index is 0.261. The Labute approximate surface area is 116 Å². The van der Waals surface area contributed by atoms with E-state index in [1.54, 1.807) is 0 Å². The second-order valence-electron chi connectivity index (χ2n) is 5.45. The largest absolute Gasteiger partial charge is 0.313 e. The van der Waals surface area contributed by atoms with Crippen molar-refractivity contribution in [3.63, 3.8) is 0 Å². The molecule has 1 aromatic carbocycles. The predicted octanol–water partition coefficient (Wildman–Crippen LogP) is 3.12. The van der Waals surface area contributed by atoms with E-state index in [-0.39, 0.29) is 5.91 Å². The lowest BCUT2D eigenvalue weighted by molar-refractivity contribution is -0.119. The summed E-state index contributed by atoms with van der Waals surface area (Å²) >= 11 is 0. The number of anilines is 1. The van der Waals surface area contributed by atoms with Crippen molar-refractivity contribution in [2.45, 2.75) is 39.2 Å². The maximum Gasteiger partial charge on any atom is 0.227 e. The van der Waals surface area contributed by atoms with Gasteiger partial charge in [0.15, 0.2) is 0 Å². The molecule has 1 aromatic rings. The number of rotatable bonds is 4. The molecule has 0 saturated carbocycles. The molecule has 2 atom stereocenters. The fourth-order valence-corrected chi connectivity index (χ4v) is 2.67. The molecular weight excluding hydrogens is 236 g/mol. The number of fused-ring (bicyclic) bond motifs is 1. The Bertz CT molecular complexity index is 444. The van der Waals surface area contributed by atoms with Crippen LogP contribution in [0.4, 0.5) is 5.69 Å². The minimum Gasteiger partial charge on any atom is -0.313 e. The Hall–Kier alpha value is -1.35. The summed E-state index contributed by atoms with van der Waals surface area (Å²) in [6, 6.07) is 8.61. The van der Waals surface area contributed by atoms with Gasteiger partial charge in [-0.1, -0.05) is 38.5 Å². The quantitative estimate of drug-likeness (QED) is 0.902. The maximum atomic E-state index is 12.4. The van der Waals surface area contributed by atoms with E-state index in [1.165, 1.54) is 5.56 Å². The SMILES string of the molecule is CCC(C)CC(=O)N1CCC(NC)c2ccccc21. The van der Waals surface area contributed by atoms with Gasteiger partial charge in [-0.2, -0.15) is 0 Å². The summed E-state index contributed by atoms with van der Waals surface area (Å²) in [5.74, 6) is 0.720. The van der Waals surface area contributed by atoms with E-state index in [1.807, 2.05) is 24.1 Å². The van der Waals surface area contributed by atoms with Crippen LogP contribution in [0.3, 0.4) is 0 Å². The van der Waals surface area contributed by atoms with E-state index in [9.17, 15) is 4.79 Å². The van der Waals surface area contributed by atoms with Crippen LogP contribution in [0.2, 0.25) is 0 Å². The summed E-state index contributed by atoms with van der Waals surface area (Å²) in [7, 11) is 1.98. The average Bonchev–Trinajstić information content (AvgIpc) is 2.45. The molecule has 1 N–H and O–H groups in total. The third-order valence-electron chi connectivity index (χ3n) is 4.11. The van der Waals surface area contributed by atoms with Crippen LogP contribution in [0.5, 0.6) is 0 Å². The van der Waals surface area contributed by atoms with Crippen molar-refractivity contribution in [2.75, 3.05) is 18.5 Å². The van der Waals surface area contributed by atoms with Crippen LogP contribution in [0.15, 0.2) is 24.3 Å². The smallest absolute Gasteiger partial charge is 0.227 e. The fourth-order valence-electron chi connectivity index (χ4n) is 2.67. The lowest BCUT2D eigenvalue weighted by Gasteiger charge is -2.34. The molecule has 19 heavy (non-hydrogen) atoms. The van der Waals surface area contributed by atoms with Gasteiger partial charge in [-0.3, -0.25) is 4.79 Å². The van der Waals surface area contributed by atoms with Gasteiger partial charge in [0.2, 0.25) is 5.91 Å². The van der Waals surface area contributed by atoms with Gasteiger partial charge >= 0.3 is 0 Å². The van der Waals surface area contributed by atoms with Gasteiger partial charge < -0.3 is 10.2 Å². The Balaban J connectivity index is 2.22. The second kappa shape index (κ2) is 6.20. The van der Waals surface area contributed by atoms with Crippen LogP contribution >= 0.6 is 0 Å². The van der Waals surface area contributed by atoms with Crippen molar-refractivity contribution >= 4 is 11.6 Å². The molecule has 0 fully saturated rings. The Morgan fingerprint density at radius 3 is 2.89 bits per heavy atom. The molecule has 0 spiro atoms. The number of nitrogens with one attached hydrogen (secondary N) is 1. The van der Waals surface area contributed by atoms with Crippen molar-refractivity contribution < 1.29 is 4.79 Å². The summed E-state index contributed by atoms with van der Waals surface area (Å²) in [6.45, 7) is 5.10. The Morgan fingerprint density at radius 2 is 2.21 bits per heavy atom. The molecule has 3 heteroatoms. The zero-order chi connectivity index (χ0) is 13.8. The topological polar surface area (TPSA) is 32.3 Å². The number of carbonyl (C=O) groups excluding carboxylic acids is 1. The van der Waals surface area contributed by atoms with Crippen molar-refractivity contribution in [3.05, 3.63) is 29.8 Å². The zero-order valence-corrected chi connectivity index (χ0v) is 12.1. The first kappa shape index (κ1) is 14.1. The zero-order valence-electron chi connectivity index (χ0n) is 12.1. The molecule has 0 aromatic heterocycles. The van der Waals surface area contributed by atoms with Gasteiger partial charge in [-0.05, 0) is 31.0 Å². The van der Waals surface area contributed by atoms with Gasteiger partial charge in [-0.15, -0.1) is 0 Å². The number of hydrogen-bond donors (Lipinski definition) is 1. The third-order valence-corrected chi connectivity index (χ3v) is 4.11. The van der Waals surface area contributed by atoms with Gasteiger partial charge in [0.1, 0.15) is 0 Å². The molecule has 0 bridgehead atoms. The van der Waals surface area contributed by atoms with Gasteiger partial charge in [-0.25, -0.2) is 0 Å². The minimum atomic E-state index is 0.261. The molecule has 0 radical (unpaired) electrons. The van der Waals surface area contributed by atoms with Crippen LogP contribution in [0, 0.1) is 5.92 Å². The van der Waals surface area contributed by atoms with E-state index in [0.717, 1.165) is 25.1 Å². The molecule has 3 nitrogen and oxygen atoms in total. The highest BCUT2D eigenvalue weighted by Gasteiger charge is 2.27. The van der Waals surface area contributed by atoms with Crippen LogP contribution in [-0.4, -0.2) is 19.5 Å². The molecule has 2 unspecified atom stereocenters. The van der Waals surface area contributed by atoms with Crippen LogP contribution < -0.4 is 10.2 Å². The number of para-hydroxylation sites is 1. The normalized spacial score (nSPS) is 19.9. The van der Waals surface area contributed by atoms with Gasteiger partial charge in [0.25, 0.3) is 0 Å². The highest BCUT2D eigenvalue weighted by atomic mass is 16.2. The maximum absolute atomic E-state index is 12.4. The second-order valence-corrected chi connectivity index (χ2v) is 5.45. The molecule has 1 amide bonds. The number of amides is 1. The number of hydrogen-bond acceptors (Lipinski definition) is 2. The standard InChI is InChI=1S/C16H24N2O/c1-4-12(2)11-16(19)18-10-9-14(17-3)13-7-5-6-8-15(13)18/h5-8,12,14,17H,4,9-11H2,1-3H3. The van der Waals surface area contributed by atoms with Crippen molar-refractivity contribution in [1.82, 2.24) is 5.32 Å². The number of carbonyl (C=O) groups is 1. The monoisotopic (exact) mass is 260 g/mol. The number of benzene rings is 1. The molecule has 104 valence electrons. The lowest BCUT2D eigenvalue weighted by Crippen LogP contribution is -2.39. The summed E-state index contributed by atoms with van der Waals surface area (Å²) in [4.78, 5) is 14.4. The average molecular weight is 260 g/mol. The van der Waals surface area contributed by atoms with Crippen molar-refractivity contribution in [3.8, 4) is 0 Å². The van der Waals surface area contributed by atoms with Crippen LogP contribution in [0.1, 0.15) is 44.7 Å². The molecular formula is C16H24N2O. The first-order chi connectivity index (χ1) is 9.17. The van der Waals surface area contributed by atoms with Crippen molar-refractivity contribution in [1.29, 1.82) is 0 Å². The van der Waals surface area contributed by atoms with E-state index < -0.39 is 0 Å². The molecule has 1 heterocycles. The Kier molecular flexibility index (Phi) is 4.59. The van der Waals surface area contributed by atoms with Gasteiger partial charge in [0, 0.05) is 24.7 Å². The predicted molar refractivity (Wildman–Crippen MR) is 79.3 cm³/mol. The third kappa shape index (κ3) is 2.98. The van der Waals surface area contributed by atoms with Crippen LogP contribution in [0.25, 0.3) is 0 Å². The molecule has 1 aliphatic rings. The summed E-state index contributed by atoms with van der Waals surface area (Å²) in [5, 5.41) is 3.33. The summed E-state index contributed by atoms with van der Waals surface area (Å²) < 4.78 is 0. The van der Waals surface area contributed by atoms with E-state index in [4.69, 9.17) is 0 Å². The number of nitrogens with zero attached hydrogens (tertiary/aromatic N) is 1. The molecule has 0 saturated heterocycles. The van der Waals surface area contributed by atoms with Crippen LogP contribution in [-0.2, 0) is 4.79 Å². The van der Waals surface area contributed by atoms with E-state index in [0.29, 0.717) is 18.4 Å². The van der Waals surface area contributed by atoms with Gasteiger partial charge in [0.05, 0.1) is 0 Å². The first-order valence-electron chi connectivity index (χ1n) is 7.24. The molecule has 1 aliphatic heterocycles. The van der Waals surface area contributed by atoms with E-state index >= 15 is 0 Å². The fraction of sp³-hybridized carbons (Fsp3) is 0.562. The van der Waals surface area contributed by atoms with Crippen molar-refractivity contribution in [2.24, 2.45) is 5.92 Å². The van der Waals surface area contributed by atoms with E-state index in [2.05, 4.69) is 31.3 Å². The first-order valence-corrected chi connectivity index (χ1v) is 7.24. The lowest BCUT2D eigenvalue weighted by atomic mass is 9.95. The Morgan fingerprint density at radius 1 is 1.47 bits per heavy atom. The highest BCUT2D eigenvalue weighted by Crippen LogP contribution is 2.34. The highest BCUT2D eigenvalue weighted by molar-refractivity contribution is 5.94. The summed E-state index contributed by atoms with van der Waals surface area (Å²) in [6.07, 6.45) is 2.69. The summed E-state index contributed by atoms with van der Waals surface area (Å²) in [5.41, 5.74) is 2.33. The molecule has 0 aliphatic carbocycles.